The average Bonchev–Trinajstić information content (AvgIpc) is 3.65. The molecule has 0 fully saturated rings. The van der Waals surface area contributed by atoms with Gasteiger partial charge >= 0.3 is 0 Å². The Labute approximate surface area is 254 Å². The summed E-state index contributed by atoms with van der Waals surface area (Å²) in [6.07, 6.45) is 1.90. The molecule has 9 rings (SSSR count). The Kier molecular flexibility index (Phi) is 5.47. The summed E-state index contributed by atoms with van der Waals surface area (Å²) < 4.78 is 4.51. The highest BCUT2D eigenvalue weighted by atomic mass is 15.1. The van der Waals surface area contributed by atoms with Crippen LogP contribution in [0.1, 0.15) is 0 Å². The topological polar surface area (TPSA) is 35.6 Å². The van der Waals surface area contributed by atoms with E-state index in [1.807, 2.05) is 12.3 Å². The Hall–Kier alpha value is -6.00. The van der Waals surface area contributed by atoms with Crippen LogP contribution in [0.3, 0.4) is 0 Å². The minimum Gasteiger partial charge on any atom is -0.307 e. The van der Waals surface area contributed by atoms with Crippen molar-refractivity contribution in [1.29, 1.82) is 0 Å². The number of hydrogen-bond donors (Lipinski definition) is 0. The van der Waals surface area contributed by atoms with E-state index >= 15 is 0 Å². The second kappa shape index (κ2) is 9.79. The average molecular weight is 563 g/mol. The fourth-order valence-corrected chi connectivity index (χ4v) is 6.53. The monoisotopic (exact) mass is 562 g/mol. The molecule has 0 N–H and O–H groups in total. The molecule has 0 unspecified atom stereocenters. The quantitative estimate of drug-likeness (QED) is 0.214. The molecule has 0 saturated carbocycles. The van der Waals surface area contributed by atoms with Crippen LogP contribution < -0.4 is 0 Å². The number of hydrogen-bond acceptors (Lipinski definition) is 2. The van der Waals surface area contributed by atoms with Crippen LogP contribution in [-0.4, -0.2) is 19.1 Å². The summed E-state index contributed by atoms with van der Waals surface area (Å²) in [4.78, 5) is 10.3. The van der Waals surface area contributed by atoms with Crippen LogP contribution in [-0.2, 0) is 0 Å². The Balaban J connectivity index is 1.30. The normalized spacial score (nSPS) is 11.6. The number of pyridine rings is 1. The zero-order valence-electron chi connectivity index (χ0n) is 23.8. The van der Waals surface area contributed by atoms with Crippen LogP contribution in [0.25, 0.3) is 77.6 Å². The maximum Gasteiger partial charge on any atom is 0.167 e. The Morgan fingerprint density at radius 3 is 1.75 bits per heavy atom. The van der Waals surface area contributed by atoms with E-state index in [0.29, 0.717) is 0 Å². The van der Waals surface area contributed by atoms with Crippen LogP contribution in [0.5, 0.6) is 0 Å². The first-order valence-electron chi connectivity index (χ1n) is 14.8. The fraction of sp³-hybridized carbons (Fsp3) is 0. The van der Waals surface area contributed by atoms with Crippen LogP contribution in [0, 0.1) is 0 Å². The smallest absolute Gasteiger partial charge is 0.167 e. The molecule has 3 aromatic heterocycles. The van der Waals surface area contributed by atoms with Crippen molar-refractivity contribution in [3.05, 3.63) is 158 Å². The largest absolute Gasteiger partial charge is 0.307 e. The van der Waals surface area contributed by atoms with Crippen molar-refractivity contribution >= 4 is 43.7 Å². The second-order valence-electron chi connectivity index (χ2n) is 11.1. The van der Waals surface area contributed by atoms with Crippen molar-refractivity contribution in [2.75, 3.05) is 0 Å². The highest BCUT2D eigenvalue weighted by Gasteiger charge is 2.21. The number of benzene rings is 6. The van der Waals surface area contributed by atoms with Gasteiger partial charge < -0.3 is 4.57 Å². The summed E-state index contributed by atoms with van der Waals surface area (Å²) in [5, 5.41) is 4.81. The third-order valence-electron chi connectivity index (χ3n) is 8.57. The maximum absolute atomic E-state index is 5.38. The van der Waals surface area contributed by atoms with Gasteiger partial charge in [0.1, 0.15) is 11.3 Å². The second-order valence-corrected chi connectivity index (χ2v) is 11.1. The first kappa shape index (κ1) is 24.6. The molecule has 0 saturated heterocycles. The summed E-state index contributed by atoms with van der Waals surface area (Å²) in [5.74, 6) is 0.862. The van der Waals surface area contributed by atoms with Crippen molar-refractivity contribution in [3.63, 3.8) is 0 Å². The van der Waals surface area contributed by atoms with Crippen molar-refractivity contribution in [3.8, 4) is 33.9 Å². The lowest BCUT2D eigenvalue weighted by molar-refractivity contribution is 1.08. The molecule has 4 heteroatoms. The van der Waals surface area contributed by atoms with Crippen LogP contribution in [0.2, 0.25) is 0 Å². The van der Waals surface area contributed by atoms with Gasteiger partial charge in [-0.15, -0.1) is 0 Å². The Bertz CT molecular complexity index is 2430. The highest BCUT2D eigenvalue weighted by molar-refractivity contribution is 6.10. The fourth-order valence-electron chi connectivity index (χ4n) is 6.53. The maximum atomic E-state index is 5.38. The van der Waals surface area contributed by atoms with E-state index in [-0.39, 0.29) is 0 Å². The zero-order chi connectivity index (χ0) is 29.0. The lowest BCUT2D eigenvalue weighted by atomic mass is 10.00. The Morgan fingerprint density at radius 1 is 0.455 bits per heavy atom. The standard InChI is InChI=1S/C40H26N4/c1-3-11-27(12-4-1)28-19-20-30-26-31(22-21-29(30)25-28)39-42-38-37(23-24-41-40(38)43(39)32-13-5-2-6-14-32)44-35-17-9-7-15-33(35)34-16-8-10-18-36(34)44/h1-26H. The molecule has 0 atom stereocenters. The molecule has 44 heavy (non-hydrogen) atoms. The molecule has 0 radical (unpaired) electrons. The molecule has 3 heterocycles. The minimum atomic E-state index is 0.824. The predicted molar refractivity (Wildman–Crippen MR) is 182 cm³/mol. The van der Waals surface area contributed by atoms with E-state index in [2.05, 4.69) is 155 Å². The Morgan fingerprint density at radius 2 is 1.05 bits per heavy atom. The van der Waals surface area contributed by atoms with E-state index < -0.39 is 0 Å². The van der Waals surface area contributed by atoms with Gasteiger partial charge in [0.25, 0.3) is 0 Å². The van der Waals surface area contributed by atoms with Gasteiger partial charge in [0.2, 0.25) is 0 Å². The van der Waals surface area contributed by atoms with Crippen LogP contribution in [0.4, 0.5) is 0 Å². The molecule has 6 aromatic carbocycles. The molecule has 206 valence electrons. The number of fused-ring (bicyclic) bond motifs is 5. The van der Waals surface area contributed by atoms with Gasteiger partial charge in [0.05, 0.1) is 16.7 Å². The van der Waals surface area contributed by atoms with Crippen LogP contribution in [0.15, 0.2) is 158 Å². The lowest BCUT2D eigenvalue weighted by Crippen LogP contribution is -1.99. The van der Waals surface area contributed by atoms with E-state index in [1.54, 1.807) is 0 Å². The number of para-hydroxylation sites is 3. The van der Waals surface area contributed by atoms with E-state index in [0.717, 1.165) is 45.0 Å². The summed E-state index contributed by atoms with van der Waals surface area (Å²) in [6, 6.07) is 53.5. The first-order chi connectivity index (χ1) is 21.8. The predicted octanol–water partition coefficient (Wildman–Crippen LogP) is 10.0. The van der Waals surface area contributed by atoms with Gasteiger partial charge in [-0.05, 0) is 64.4 Å². The number of aromatic nitrogens is 4. The molecule has 0 aliphatic heterocycles. The van der Waals surface area contributed by atoms with E-state index in [4.69, 9.17) is 9.97 Å². The van der Waals surface area contributed by atoms with Crippen molar-refractivity contribution in [2.24, 2.45) is 0 Å². The van der Waals surface area contributed by atoms with Gasteiger partial charge in [-0.3, -0.25) is 4.57 Å². The molecule has 0 spiro atoms. The van der Waals surface area contributed by atoms with Crippen molar-refractivity contribution in [1.82, 2.24) is 19.1 Å². The molecular formula is C40H26N4. The van der Waals surface area contributed by atoms with Gasteiger partial charge in [-0.2, -0.15) is 0 Å². The summed E-state index contributed by atoms with van der Waals surface area (Å²) in [6.45, 7) is 0. The van der Waals surface area contributed by atoms with Gasteiger partial charge in [0.15, 0.2) is 5.65 Å². The van der Waals surface area contributed by atoms with Gasteiger partial charge in [-0.1, -0.05) is 109 Å². The number of nitrogens with zero attached hydrogens (tertiary/aromatic N) is 4. The zero-order valence-corrected chi connectivity index (χ0v) is 23.8. The molecule has 4 nitrogen and oxygen atoms in total. The third kappa shape index (κ3) is 3.78. The van der Waals surface area contributed by atoms with Crippen LogP contribution >= 0.6 is 0 Å². The summed E-state index contributed by atoms with van der Waals surface area (Å²) in [5.41, 5.74) is 9.49. The molecule has 0 aliphatic rings. The lowest BCUT2D eigenvalue weighted by Gasteiger charge is -2.11. The van der Waals surface area contributed by atoms with E-state index in [9.17, 15) is 0 Å². The molecule has 0 amide bonds. The first-order valence-corrected chi connectivity index (χ1v) is 14.8. The molecular weight excluding hydrogens is 536 g/mol. The number of rotatable bonds is 4. The highest BCUT2D eigenvalue weighted by Crippen LogP contribution is 2.37. The molecule has 0 aliphatic carbocycles. The summed E-state index contributed by atoms with van der Waals surface area (Å²) >= 11 is 0. The van der Waals surface area contributed by atoms with Crippen molar-refractivity contribution < 1.29 is 0 Å². The molecule has 9 aromatic rings. The number of imidazole rings is 1. The summed E-state index contributed by atoms with van der Waals surface area (Å²) in [7, 11) is 0. The van der Waals surface area contributed by atoms with Crippen molar-refractivity contribution in [2.45, 2.75) is 0 Å². The SMILES string of the molecule is c1ccc(-c2ccc3cc(-c4nc5c(-n6c7ccccc7c7ccccc76)ccnc5n4-c4ccccc4)ccc3c2)cc1. The van der Waals surface area contributed by atoms with E-state index in [1.165, 1.54) is 32.7 Å². The third-order valence-corrected chi connectivity index (χ3v) is 8.57. The van der Waals surface area contributed by atoms with Gasteiger partial charge in [-0.25, -0.2) is 9.97 Å². The van der Waals surface area contributed by atoms with Gasteiger partial charge in [0, 0.05) is 28.2 Å². The molecule has 0 bridgehead atoms. The minimum absolute atomic E-state index is 0.824.